The second-order valence-corrected chi connectivity index (χ2v) is 4.87. The molecule has 1 aliphatic rings. The molecule has 0 saturated heterocycles. The maximum Gasteiger partial charge on any atom is 0.224 e. The van der Waals surface area contributed by atoms with Gasteiger partial charge in [0.05, 0.1) is 20.6 Å². The predicted octanol–water partition coefficient (Wildman–Crippen LogP) is 2.47. The second kappa shape index (κ2) is 6.98. The van der Waals surface area contributed by atoms with Gasteiger partial charge < -0.3 is 14.8 Å². The van der Waals surface area contributed by atoms with Crippen molar-refractivity contribution in [3.63, 3.8) is 0 Å². The molecular weight excluding hydrogens is 254 g/mol. The molecular formula is C16H21NO3. The Morgan fingerprint density at radius 1 is 1.25 bits per heavy atom. The van der Waals surface area contributed by atoms with Gasteiger partial charge in [-0.25, -0.2) is 0 Å². The van der Waals surface area contributed by atoms with Crippen LogP contribution < -0.4 is 14.8 Å². The Balaban J connectivity index is 2.05. The van der Waals surface area contributed by atoms with E-state index in [4.69, 9.17) is 9.47 Å². The number of hydrogen-bond acceptors (Lipinski definition) is 3. The molecule has 1 N–H and O–H groups in total. The third-order valence-electron chi connectivity index (χ3n) is 3.50. The third-order valence-corrected chi connectivity index (χ3v) is 3.50. The molecule has 0 heterocycles. The van der Waals surface area contributed by atoms with Crippen molar-refractivity contribution in [2.45, 2.75) is 31.7 Å². The minimum absolute atomic E-state index is 0.00750. The van der Waals surface area contributed by atoms with Gasteiger partial charge in [0.25, 0.3) is 0 Å². The zero-order chi connectivity index (χ0) is 14.4. The summed E-state index contributed by atoms with van der Waals surface area (Å²) in [4.78, 5) is 12.2. The summed E-state index contributed by atoms with van der Waals surface area (Å²) in [6, 6.07) is 5.78. The van der Waals surface area contributed by atoms with E-state index in [1.54, 1.807) is 14.2 Å². The normalized spacial score (nSPS) is 17.6. The van der Waals surface area contributed by atoms with Gasteiger partial charge in [0.2, 0.25) is 5.91 Å². The molecule has 1 atom stereocenters. The summed E-state index contributed by atoms with van der Waals surface area (Å²) in [6.45, 7) is 0. The molecule has 0 bridgehead atoms. The van der Waals surface area contributed by atoms with Crippen LogP contribution in [0, 0.1) is 0 Å². The van der Waals surface area contributed by atoms with Crippen molar-refractivity contribution in [1.82, 2.24) is 5.32 Å². The Morgan fingerprint density at radius 3 is 2.50 bits per heavy atom. The first-order valence-electron chi connectivity index (χ1n) is 6.88. The zero-order valence-electron chi connectivity index (χ0n) is 12.0. The Bertz CT molecular complexity index is 474. The van der Waals surface area contributed by atoms with E-state index in [1.807, 2.05) is 18.2 Å². The number of ether oxygens (including phenoxy) is 2. The van der Waals surface area contributed by atoms with Crippen molar-refractivity contribution in [2.24, 2.45) is 0 Å². The molecule has 2 rings (SSSR count). The van der Waals surface area contributed by atoms with Gasteiger partial charge in [-0.2, -0.15) is 0 Å². The fraction of sp³-hybridized carbons (Fsp3) is 0.438. The predicted molar refractivity (Wildman–Crippen MR) is 78.2 cm³/mol. The number of carbonyl (C=O) groups excluding carboxylic acids is 1. The lowest BCUT2D eigenvalue weighted by molar-refractivity contribution is -0.121. The molecule has 1 aliphatic carbocycles. The zero-order valence-corrected chi connectivity index (χ0v) is 12.0. The fourth-order valence-electron chi connectivity index (χ4n) is 2.47. The first-order valence-corrected chi connectivity index (χ1v) is 6.88. The number of hydrogen-bond donors (Lipinski definition) is 1. The molecule has 1 aromatic carbocycles. The van der Waals surface area contributed by atoms with E-state index in [1.165, 1.54) is 0 Å². The van der Waals surface area contributed by atoms with Crippen LogP contribution in [0.4, 0.5) is 0 Å². The lowest BCUT2D eigenvalue weighted by atomic mass is 10.0. The summed E-state index contributed by atoms with van der Waals surface area (Å²) >= 11 is 0. The maximum absolute atomic E-state index is 12.2. The third kappa shape index (κ3) is 3.53. The fourth-order valence-corrected chi connectivity index (χ4v) is 2.47. The molecule has 0 saturated carbocycles. The van der Waals surface area contributed by atoms with E-state index >= 15 is 0 Å². The van der Waals surface area contributed by atoms with Crippen molar-refractivity contribution in [3.8, 4) is 11.5 Å². The minimum atomic E-state index is 0.00750. The van der Waals surface area contributed by atoms with Gasteiger partial charge in [-0.15, -0.1) is 0 Å². The van der Waals surface area contributed by atoms with Gasteiger partial charge in [-0.05, 0) is 31.4 Å². The Morgan fingerprint density at radius 2 is 1.95 bits per heavy atom. The average molecular weight is 275 g/mol. The van der Waals surface area contributed by atoms with Crippen molar-refractivity contribution in [3.05, 3.63) is 35.9 Å². The summed E-state index contributed by atoms with van der Waals surface area (Å²) < 4.78 is 10.6. The maximum atomic E-state index is 12.2. The summed E-state index contributed by atoms with van der Waals surface area (Å²) in [7, 11) is 3.20. The van der Waals surface area contributed by atoms with E-state index in [2.05, 4.69) is 17.5 Å². The smallest absolute Gasteiger partial charge is 0.224 e. The second-order valence-electron chi connectivity index (χ2n) is 4.87. The summed E-state index contributed by atoms with van der Waals surface area (Å²) in [6.07, 6.45) is 7.50. The lowest BCUT2D eigenvalue weighted by Gasteiger charge is -2.20. The van der Waals surface area contributed by atoms with Crippen LogP contribution in [0.25, 0.3) is 0 Å². The first kappa shape index (κ1) is 14.4. The number of methoxy groups -OCH3 is 2. The molecule has 20 heavy (non-hydrogen) atoms. The average Bonchev–Trinajstić information content (AvgIpc) is 2.48. The highest BCUT2D eigenvalue weighted by Crippen LogP contribution is 2.28. The quantitative estimate of drug-likeness (QED) is 0.840. The molecule has 0 unspecified atom stereocenters. The van der Waals surface area contributed by atoms with Gasteiger partial charge in [0.15, 0.2) is 0 Å². The number of benzene rings is 1. The van der Waals surface area contributed by atoms with Crippen LogP contribution in [0.5, 0.6) is 11.5 Å². The Hall–Kier alpha value is -1.97. The van der Waals surface area contributed by atoms with Crippen molar-refractivity contribution < 1.29 is 14.3 Å². The highest BCUT2D eigenvalue weighted by atomic mass is 16.5. The van der Waals surface area contributed by atoms with Gasteiger partial charge >= 0.3 is 0 Å². The summed E-state index contributed by atoms with van der Waals surface area (Å²) in [5.74, 6) is 1.37. The summed E-state index contributed by atoms with van der Waals surface area (Å²) in [5, 5.41) is 3.07. The van der Waals surface area contributed by atoms with Crippen molar-refractivity contribution in [2.75, 3.05) is 14.2 Å². The Kier molecular flexibility index (Phi) is 5.04. The van der Waals surface area contributed by atoms with Crippen molar-refractivity contribution >= 4 is 5.91 Å². The lowest BCUT2D eigenvalue weighted by Crippen LogP contribution is -2.36. The monoisotopic (exact) mass is 275 g/mol. The van der Waals surface area contributed by atoms with Crippen LogP contribution in [-0.4, -0.2) is 26.2 Å². The minimum Gasteiger partial charge on any atom is -0.496 e. The number of allylic oxidation sites excluding steroid dienone is 1. The van der Waals surface area contributed by atoms with E-state index in [-0.39, 0.29) is 18.4 Å². The SMILES string of the molecule is COc1cccc(OC)c1CC(=O)N[C@H]1CC=CCC1. The highest BCUT2D eigenvalue weighted by Gasteiger charge is 2.17. The number of amides is 1. The van der Waals surface area contributed by atoms with Gasteiger partial charge in [0, 0.05) is 11.6 Å². The molecule has 1 aromatic rings. The van der Waals surface area contributed by atoms with Crippen LogP contribution in [0.1, 0.15) is 24.8 Å². The van der Waals surface area contributed by atoms with E-state index in [0.29, 0.717) is 11.5 Å². The van der Waals surface area contributed by atoms with E-state index in [9.17, 15) is 4.79 Å². The van der Waals surface area contributed by atoms with Gasteiger partial charge in [0.1, 0.15) is 11.5 Å². The number of carbonyl (C=O) groups is 1. The van der Waals surface area contributed by atoms with Crippen LogP contribution >= 0.6 is 0 Å². The molecule has 108 valence electrons. The van der Waals surface area contributed by atoms with Gasteiger partial charge in [-0.3, -0.25) is 4.79 Å². The van der Waals surface area contributed by atoms with Crippen LogP contribution in [-0.2, 0) is 11.2 Å². The topological polar surface area (TPSA) is 47.6 Å². The van der Waals surface area contributed by atoms with E-state index < -0.39 is 0 Å². The Labute approximate surface area is 119 Å². The first-order chi connectivity index (χ1) is 9.74. The molecule has 4 nitrogen and oxygen atoms in total. The van der Waals surface area contributed by atoms with Gasteiger partial charge in [-0.1, -0.05) is 18.2 Å². The van der Waals surface area contributed by atoms with E-state index in [0.717, 1.165) is 24.8 Å². The molecule has 0 radical (unpaired) electrons. The number of rotatable bonds is 5. The molecule has 0 aromatic heterocycles. The summed E-state index contributed by atoms with van der Waals surface area (Å²) in [5.41, 5.74) is 0.793. The number of nitrogens with one attached hydrogen (secondary N) is 1. The molecule has 0 fully saturated rings. The standard InChI is InChI=1S/C16H21NO3/c1-19-14-9-6-10-15(20-2)13(14)11-16(18)17-12-7-4-3-5-8-12/h3-4,6,9-10,12H,5,7-8,11H2,1-2H3,(H,17,18)/t12-/m0/s1. The van der Waals surface area contributed by atoms with Crippen LogP contribution in [0.15, 0.2) is 30.4 Å². The van der Waals surface area contributed by atoms with Crippen LogP contribution in [0.2, 0.25) is 0 Å². The molecule has 1 amide bonds. The van der Waals surface area contributed by atoms with Crippen molar-refractivity contribution in [1.29, 1.82) is 0 Å². The molecule has 4 heteroatoms. The van der Waals surface area contributed by atoms with Crippen LogP contribution in [0.3, 0.4) is 0 Å². The highest BCUT2D eigenvalue weighted by molar-refractivity contribution is 5.80. The molecule has 0 spiro atoms. The largest absolute Gasteiger partial charge is 0.496 e. The molecule has 0 aliphatic heterocycles.